The number of benzene rings is 2. The molecule has 0 spiro atoms. The molecule has 3 rings (SSSR count). The number of alkyl halides is 3. The van der Waals surface area contributed by atoms with Crippen LogP contribution in [0.1, 0.15) is 5.82 Å². The van der Waals surface area contributed by atoms with E-state index in [9.17, 15) is 13.2 Å². The minimum atomic E-state index is -4.64. The van der Waals surface area contributed by atoms with E-state index in [0.29, 0.717) is 15.6 Å². The first-order chi connectivity index (χ1) is 10.9. The van der Waals surface area contributed by atoms with E-state index in [-0.39, 0.29) is 11.5 Å². The third-order valence-electron chi connectivity index (χ3n) is 3.10. The molecule has 3 nitrogen and oxygen atoms in total. The first-order valence-corrected chi connectivity index (χ1v) is 7.16. The third-order valence-corrected chi connectivity index (χ3v) is 3.61. The van der Waals surface area contributed by atoms with Gasteiger partial charge in [0.05, 0.1) is 0 Å². The van der Waals surface area contributed by atoms with Crippen molar-refractivity contribution in [3.8, 4) is 17.1 Å². The first kappa shape index (κ1) is 15.8. The lowest BCUT2D eigenvalue weighted by Gasteiger charge is -2.12. The second-order valence-electron chi connectivity index (χ2n) is 4.66. The van der Waals surface area contributed by atoms with E-state index in [1.807, 2.05) is 0 Å². The summed E-state index contributed by atoms with van der Waals surface area (Å²) >= 11 is 11.6. The minimum Gasteiger partial charge on any atom is -0.271 e. The standard InChI is InChI=1S/C15H8Cl2F3N3/c16-10-3-1-9(2-4-10)13-21-22-14(15(18,19)20)23(13)12-7-5-11(17)6-8-12/h1-8H. The summed E-state index contributed by atoms with van der Waals surface area (Å²) in [5, 5.41) is 7.90. The molecule has 1 aromatic heterocycles. The van der Waals surface area contributed by atoms with Gasteiger partial charge in [-0.25, -0.2) is 0 Å². The van der Waals surface area contributed by atoms with Crippen molar-refractivity contribution in [3.05, 3.63) is 64.4 Å². The van der Waals surface area contributed by atoms with E-state index in [1.165, 1.54) is 24.3 Å². The Kier molecular flexibility index (Phi) is 4.04. The number of halogens is 5. The van der Waals surface area contributed by atoms with Crippen LogP contribution >= 0.6 is 23.2 Å². The second-order valence-corrected chi connectivity index (χ2v) is 5.54. The predicted octanol–water partition coefficient (Wildman–Crippen LogP) is 5.26. The molecule has 0 aliphatic heterocycles. The van der Waals surface area contributed by atoms with Crippen molar-refractivity contribution in [1.29, 1.82) is 0 Å². The maximum absolute atomic E-state index is 13.2. The van der Waals surface area contributed by atoms with Crippen molar-refractivity contribution in [3.63, 3.8) is 0 Å². The molecular weight excluding hydrogens is 350 g/mol. The van der Waals surface area contributed by atoms with Crippen LogP contribution in [0.4, 0.5) is 13.2 Å². The fourth-order valence-electron chi connectivity index (χ4n) is 2.09. The van der Waals surface area contributed by atoms with Crippen LogP contribution in [-0.2, 0) is 6.18 Å². The molecule has 2 aromatic carbocycles. The molecule has 0 fully saturated rings. The molecular formula is C15H8Cl2F3N3. The van der Waals surface area contributed by atoms with Gasteiger partial charge in [-0.3, -0.25) is 4.57 Å². The molecule has 0 radical (unpaired) electrons. The number of hydrogen-bond acceptors (Lipinski definition) is 2. The van der Waals surface area contributed by atoms with Gasteiger partial charge >= 0.3 is 6.18 Å². The quantitative estimate of drug-likeness (QED) is 0.626. The van der Waals surface area contributed by atoms with Crippen molar-refractivity contribution in [2.45, 2.75) is 6.18 Å². The fourth-order valence-corrected chi connectivity index (χ4v) is 2.34. The van der Waals surface area contributed by atoms with E-state index < -0.39 is 12.0 Å². The summed E-state index contributed by atoms with van der Waals surface area (Å²) in [5.74, 6) is -1.04. The van der Waals surface area contributed by atoms with E-state index in [0.717, 1.165) is 4.57 Å². The molecule has 0 saturated carbocycles. The average Bonchev–Trinajstić information content (AvgIpc) is 2.94. The Bertz CT molecular complexity index is 825. The van der Waals surface area contributed by atoms with Crippen LogP contribution in [0.5, 0.6) is 0 Å². The second kappa shape index (κ2) is 5.86. The number of nitrogens with zero attached hydrogens (tertiary/aromatic N) is 3. The molecule has 0 unspecified atom stereocenters. The zero-order valence-electron chi connectivity index (χ0n) is 11.4. The van der Waals surface area contributed by atoms with Crippen LogP contribution in [-0.4, -0.2) is 14.8 Å². The molecule has 3 aromatic rings. The molecule has 0 atom stereocenters. The summed E-state index contributed by atoms with van der Waals surface area (Å²) in [6.07, 6.45) is -4.64. The Hall–Kier alpha value is -2.05. The average molecular weight is 358 g/mol. The minimum absolute atomic E-state index is 0.0660. The summed E-state index contributed by atoms with van der Waals surface area (Å²) in [6.45, 7) is 0. The molecule has 1 heterocycles. The van der Waals surface area contributed by atoms with Crippen LogP contribution in [0.15, 0.2) is 48.5 Å². The maximum Gasteiger partial charge on any atom is 0.452 e. The van der Waals surface area contributed by atoms with Gasteiger partial charge < -0.3 is 0 Å². The highest BCUT2D eigenvalue weighted by molar-refractivity contribution is 6.30. The van der Waals surface area contributed by atoms with Crippen molar-refractivity contribution < 1.29 is 13.2 Å². The SMILES string of the molecule is FC(F)(F)c1nnc(-c2ccc(Cl)cc2)n1-c1ccc(Cl)cc1. The molecule has 8 heteroatoms. The van der Waals surface area contributed by atoms with Crippen molar-refractivity contribution in [1.82, 2.24) is 14.8 Å². The number of aromatic nitrogens is 3. The first-order valence-electron chi connectivity index (χ1n) is 6.41. The lowest BCUT2D eigenvalue weighted by atomic mass is 10.2. The van der Waals surface area contributed by atoms with E-state index in [1.54, 1.807) is 24.3 Å². The zero-order chi connectivity index (χ0) is 16.6. The Labute approximate surface area is 139 Å². The van der Waals surface area contributed by atoms with Crippen molar-refractivity contribution >= 4 is 23.2 Å². The smallest absolute Gasteiger partial charge is 0.271 e. The summed E-state index contributed by atoms with van der Waals surface area (Å²) < 4.78 is 40.7. The predicted molar refractivity (Wildman–Crippen MR) is 81.8 cm³/mol. The van der Waals surface area contributed by atoms with Crippen LogP contribution in [0.25, 0.3) is 17.1 Å². The summed E-state index contributed by atoms with van der Waals surface area (Å²) in [6, 6.07) is 12.3. The topological polar surface area (TPSA) is 30.7 Å². The highest BCUT2D eigenvalue weighted by Gasteiger charge is 2.39. The molecule has 0 aliphatic rings. The molecule has 118 valence electrons. The van der Waals surface area contributed by atoms with Gasteiger partial charge in [0, 0.05) is 21.3 Å². The van der Waals surface area contributed by atoms with Gasteiger partial charge in [-0.2, -0.15) is 13.2 Å². The Morgan fingerprint density at radius 2 is 1.30 bits per heavy atom. The maximum atomic E-state index is 13.2. The van der Waals surface area contributed by atoms with Crippen LogP contribution in [0.3, 0.4) is 0 Å². The summed E-state index contributed by atoms with van der Waals surface area (Å²) in [4.78, 5) is 0. The third kappa shape index (κ3) is 3.18. The Morgan fingerprint density at radius 3 is 1.83 bits per heavy atom. The Morgan fingerprint density at radius 1 is 0.783 bits per heavy atom. The van der Waals surface area contributed by atoms with Gasteiger partial charge in [0.2, 0.25) is 5.82 Å². The molecule has 0 amide bonds. The van der Waals surface area contributed by atoms with E-state index >= 15 is 0 Å². The largest absolute Gasteiger partial charge is 0.452 e. The molecule has 0 saturated heterocycles. The van der Waals surface area contributed by atoms with Gasteiger partial charge in [0.15, 0.2) is 5.82 Å². The number of hydrogen-bond donors (Lipinski definition) is 0. The van der Waals surface area contributed by atoms with Crippen LogP contribution in [0.2, 0.25) is 10.0 Å². The molecule has 0 bridgehead atoms. The highest BCUT2D eigenvalue weighted by Crippen LogP contribution is 2.33. The summed E-state index contributed by atoms with van der Waals surface area (Å²) in [5.41, 5.74) is 0.726. The van der Waals surface area contributed by atoms with Crippen LogP contribution < -0.4 is 0 Å². The molecule has 23 heavy (non-hydrogen) atoms. The van der Waals surface area contributed by atoms with Crippen molar-refractivity contribution in [2.24, 2.45) is 0 Å². The van der Waals surface area contributed by atoms with E-state index in [2.05, 4.69) is 10.2 Å². The van der Waals surface area contributed by atoms with Crippen LogP contribution in [0, 0.1) is 0 Å². The van der Waals surface area contributed by atoms with E-state index in [4.69, 9.17) is 23.2 Å². The normalized spacial score (nSPS) is 11.7. The van der Waals surface area contributed by atoms with Gasteiger partial charge in [-0.1, -0.05) is 23.2 Å². The Balaban J connectivity index is 2.23. The zero-order valence-corrected chi connectivity index (χ0v) is 12.9. The van der Waals surface area contributed by atoms with Gasteiger partial charge in [-0.05, 0) is 48.5 Å². The monoisotopic (exact) mass is 357 g/mol. The lowest BCUT2D eigenvalue weighted by Crippen LogP contribution is -2.14. The van der Waals surface area contributed by atoms with Crippen molar-refractivity contribution in [2.75, 3.05) is 0 Å². The summed E-state index contributed by atoms with van der Waals surface area (Å²) in [7, 11) is 0. The number of rotatable bonds is 2. The van der Waals surface area contributed by atoms with Gasteiger partial charge in [0.1, 0.15) is 0 Å². The van der Waals surface area contributed by atoms with Gasteiger partial charge in [0.25, 0.3) is 0 Å². The highest BCUT2D eigenvalue weighted by atomic mass is 35.5. The fraction of sp³-hybridized carbons (Fsp3) is 0.0667. The molecule has 0 N–H and O–H groups in total. The van der Waals surface area contributed by atoms with Gasteiger partial charge in [-0.15, -0.1) is 10.2 Å². The lowest BCUT2D eigenvalue weighted by molar-refractivity contribution is -0.146. The molecule has 0 aliphatic carbocycles.